The zero-order valence-corrected chi connectivity index (χ0v) is 21.2. The molecular formula is C24H32N4O3S2. The van der Waals surface area contributed by atoms with Crippen molar-refractivity contribution in [1.29, 1.82) is 0 Å². The predicted octanol–water partition coefficient (Wildman–Crippen LogP) is 3.28. The molecule has 33 heavy (non-hydrogen) atoms. The third-order valence-corrected chi connectivity index (χ3v) is 11.2. The van der Waals surface area contributed by atoms with Gasteiger partial charge in [-0.25, -0.2) is 13.4 Å². The fourth-order valence-corrected chi connectivity index (χ4v) is 8.94. The Morgan fingerprint density at radius 3 is 2.42 bits per heavy atom. The van der Waals surface area contributed by atoms with Crippen molar-refractivity contribution in [2.75, 3.05) is 36.8 Å². The van der Waals surface area contributed by atoms with Crippen molar-refractivity contribution in [1.82, 2.24) is 13.7 Å². The lowest BCUT2D eigenvalue weighted by molar-refractivity contribution is -0.128. The first kappa shape index (κ1) is 22.9. The predicted molar refractivity (Wildman–Crippen MR) is 130 cm³/mol. The second kappa shape index (κ2) is 8.13. The Morgan fingerprint density at radius 2 is 1.82 bits per heavy atom. The molecule has 2 aromatic rings. The van der Waals surface area contributed by atoms with Crippen LogP contribution < -0.4 is 4.90 Å². The van der Waals surface area contributed by atoms with Crippen molar-refractivity contribution in [3.63, 3.8) is 0 Å². The summed E-state index contributed by atoms with van der Waals surface area (Å²) in [7, 11) is -3.51. The summed E-state index contributed by atoms with van der Waals surface area (Å²) in [5, 5.41) is 0.846. The number of aryl methyl sites for hydroxylation is 1. The number of carbonyl (C=O) groups is 1. The highest BCUT2D eigenvalue weighted by Crippen LogP contribution is 2.64. The molecule has 1 saturated heterocycles. The van der Waals surface area contributed by atoms with Crippen molar-refractivity contribution in [2.45, 2.75) is 46.5 Å². The van der Waals surface area contributed by atoms with Gasteiger partial charge in [0.25, 0.3) is 0 Å². The van der Waals surface area contributed by atoms with Gasteiger partial charge < -0.3 is 4.90 Å². The third-order valence-electron chi connectivity index (χ3n) is 8.41. The maximum atomic E-state index is 13.4. The first-order valence-corrected chi connectivity index (χ1v) is 14.1. The quantitative estimate of drug-likeness (QED) is 0.621. The Morgan fingerprint density at radius 1 is 1.12 bits per heavy atom. The van der Waals surface area contributed by atoms with Gasteiger partial charge in [0.05, 0.1) is 5.75 Å². The van der Waals surface area contributed by atoms with Gasteiger partial charge in [-0.2, -0.15) is 8.68 Å². The fraction of sp³-hybridized carbons (Fsp3) is 0.625. The smallest absolute Gasteiger partial charge is 0.215 e. The number of fused-ring (bicyclic) bond motifs is 2. The van der Waals surface area contributed by atoms with Crippen LogP contribution in [0.5, 0.6) is 0 Å². The Kier molecular flexibility index (Phi) is 5.65. The van der Waals surface area contributed by atoms with E-state index in [-0.39, 0.29) is 17.0 Å². The number of nitrogens with zero attached hydrogens (tertiary/aromatic N) is 4. The van der Waals surface area contributed by atoms with E-state index in [0.717, 1.165) is 17.4 Å². The normalized spacial score (nSPS) is 27.4. The fourth-order valence-electron chi connectivity index (χ4n) is 6.00. The van der Waals surface area contributed by atoms with Gasteiger partial charge in [0, 0.05) is 56.0 Å². The summed E-state index contributed by atoms with van der Waals surface area (Å²) in [6, 6.07) is 8.38. The van der Waals surface area contributed by atoms with Crippen molar-refractivity contribution >= 4 is 32.5 Å². The molecule has 1 aromatic heterocycles. The number of aromatic nitrogens is 2. The van der Waals surface area contributed by atoms with Crippen molar-refractivity contribution in [3.8, 4) is 0 Å². The van der Waals surface area contributed by atoms with Crippen molar-refractivity contribution in [3.05, 3.63) is 41.2 Å². The number of sulfonamides is 1. The second-order valence-electron chi connectivity index (χ2n) is 10.5. The van der Waals surface area contributed by atoms with Crippen LogP contribution in [0.25, 0.3) is 0 Å². The van der Waals surface area contributed by atoms with Crippen LogP contribution in [0.2, 0.25) is 0 Å². The summed E-state index contributed by atoms with van der Waals surface area (Å²) in [6.45, 7) is 8.27. The van der Waals surface area contributed by atoms with E-state index in [2.05, 4.69) is 54.3 Å². The maximum absolute atomic E-state index is 13.4. The molecule has 3 aliphatic rings. The largest absolute Gasteiger partial charge is 0.344 e. The number of Topliss-reactive ketones (excluding diaryl/α,β-unsaturated/α-hetero) is 1. The minimum Gasteiger partial charge on any atom is -0.344 e. The molecule has 178 valence electrons. The van der Waals surface area contributed by atoms with Gasteiger partial charge in [0.1, 0.15) is 11.6 Å². The Labute approximate surface area is 200 Å². The molecule has 0 N–H and O–H groups in total. The molecule has 0 amide bonds. The van der Waals surface area contributed by atoms with E-state index in [1.807, 2.05) is 0 Å². The van der Waals surface area contributed by atoms with Crippen LogP contribution in [0.15, 0.2) is 24.3 Å². The zero-order chi connectivity index (χ0) is 23.4. The number of hydrogen-bond donors (Lipinski definition) is 0. The number of ketones is 1. The molecule has 2 atom stereocenters. The lowest BCUT2D eigenvalue weighted by Gasteiger charge is -2.39. The number of hydrogen-bond acceptors (Lipinski definition) is 7. The van der Waals surface area contributed by atoms with Crippen LogP contribution in [0.4, 0.5) is 5.13 Å². The lowest BCUT2D eigenvalue weighted by Crippen LogP contribution is -2.52. The van der Waals surface area contributed by atoms with Gasteiger partial charge in [0.2, 0.25) is 15.2 Å². The van der Waals surface area contributed by atoms with E-state index >= 15 is 0 Å². The summed E-state index contributed by atoms with van der Waals surface area (Å²) >= 11 is 1.37. The lowest BCUT2D eigenvalue weighted by atomic mass is 9.70. The molecule has 2 aliphatic carbocycles. The second-order valence-corrected chi connectivity index (χ2v) is 13.2. The van der Waals surface area contributed by atoms with E-state index in [0.29, 0.717) is 51.4 Å². The zero-order valence-electron chi connectivity index (χ0n) is 19.6. The van der Waals surface area contributed by atoms with Crippen LogP contribution in [-0.4, -0.2) is 59.8 Å². The maximum Gasteiger partial charge on any atom is 0.215 e. The van der Waals surface area contributed by atoms with Crippen molar-refractivity contribution < 1.29 is 13.2 Å². The molecule has 3 fully saturated rings. The molecule has 0 radical (unpaired) electrons. The van der Waals surface area contributed by atoms with Crippen LogP contribution >= 0.6 is 11.5 Å². The number of rotatable bonds is 6. The average molecular weight is 489 g/mol. The van der Waals surface area contributed by atoms with Crippen LogP contribution in [-0.2, 0) is 21.2 Å². The Hall–Kier alpha value is -1.84. The number of piperazine rings is 1. The van der Waals surface area contributed by atoms with E-state index in [1.54, 1.807) is 4.31 Å². The Bertz CT molecular complexity index is 1150. The highest BCUT2D eigenvalue weighted by Gasteiger charge is 2.65. The minimum atomic E-state index is -3.51. The standard InChI is InChI=1S/C24H32N4O3S2/c1-17-4-6-18(7-5-17)14-21-25-22(32-26-21)27-10-12-28(13-11-27)33(30,31)16-24-9-8-19(15-20(24)29)23(24,2)3/h4-7,19H,8-16H2,1-3H3. The molecule has 1 aromatic carbocycles. The number of anilines is 1. The van der Waals surface area contributed by atoms with E-state index < -0.39 is 15.4 Å². The minimum absolute atomic E-state index is 0.0398. The van der Waals surface area contributed by atoms with Crippen LogP contribution in [0.1, 0.15) is 50.1 Å². The van der Waals surface area contributed by atoms with Gasteiger partial charge in [-0.05, 0) is 36.7 Å². The van der Waals surface area contributed by atoms with Crippen LogP contribution in [0.3, 0.4) is 0 Å². The molecule has 5 rings (SSSR count). The first-order valence-electron chi connectivity index (χ1n) is 11.7. The molecule has 9 heteroatoms. The number of benzene rings is 1. The molecule has 2 heterocycles. The Balaban J connectivity index is 1.22. The summed E-state index contributed by atoms with van der Waals surface area (Å²) in [4.78, 5) is 19.6. The van der Waals surface area contributed by atoms with Gasteiger partial charge in [-0.15, -0.1) is 0 Å². The summed E-state index contributed by atoms with van der Waals surface area (Å²) in [6.07, 6.45) is 2.90. The molecule has 2 saturated carbocycles. The van der Waals surface area contributed by atoms with Gasteiger partial charge in [-0.1, -0.05) is 43.7 Å². The molecule has 0 spiro atoms. The van der Waals surface area contributed by atoms with Crippen molar-refractivity contribution in [2.24, 2.45) is 16.7 Å². The highest BCUT2D eigenvalue weighted by atomic mass is 32.2. The summed E-state index contributed by atoms with van der Waals surface area (Å²) in [5.41, 5.74) is 1.46. The number of carbonyl (C=O) groups excluding carboxylic acids is 1. The highest BCUT2D eigenvalue weighted by molar-refractivity contribution is 7.89. The molecule has 1 aliphatic heterocycles. The van der Waals surface area contributed by atoms with Crippen LogP contribution in [0, 0.1) is 23.7 Å². The van der Waals surface area contributed by atoms with Gasteiger partial charge in [0.15, 0.2) is 0 Å². The SMILES string of the molecule is Cc1ccc(Cc2nsc(N3CCN(S(=O)(=O)CC45CCC(CC4=O)C5(C)C)CC3)n2)cc1. The summed E-state index contributed by atoms with van der Waals surface area (Å²) < 4.78 is 32.8. The van der Waals surface area contributed by atoms with E-state index in [4.69, 9.17) is 4.98 Å². The average Bonchev–Trinajstić information content (AvgIpc) is 3.38. The van der Waals surface area contributed by atoms with Gasteiger partial charge >= 0.3 is 0 Å². The molecule has 2 unspecified atom stereocenters. The molecule has 7 nitrogen and oxygen atoms in total. The molecule has 2 bridgehead atoms. The topological polar surface area (TPSA) is 83.5 Å². The van der Waals surface area contributed by atoms with Gasteiger partial charge in [-0.3, -0.25) is 4.79 Å². The molecular weight excluding hydrogens is 456 g/mol. The monoisotopic (exact) mass is 488 g/mol. The van der Waals surface area contributed by atoms with E-state index in [1.165, 1.54) is 22.7 Å². The first-order chi connectivity index (χ1) is 15.6. The van der Waals surface area contributed by atoms with E-state index in [9.17, 15) is 13.2 Å². The summed E-state index contributed by atoms with van der Waals surface area (Å²) in [5.74, 6) is 1.23. The third kappa shape index (κ3) is 3.91.